The van der Waals surface area contributed by atoms with Crippen molar-refractivity contribution in [1.29, 1.82) is 0 Å². The fourth-order valence-corrected chi connectivity index (χ4v) is 2.51. The van der Waals surface area contributed by atoms with Crippen molar-refractivity contribution in [3.8, 4) is 0 Å². The van der Waals surface area contributed by atoms with E-state index in [0.29, 0.717) is 10.0 Å². The molecule has 0 aromatic heterocycles. The summed E-state index contributed by atoms with van der Waals surface area (Å²) >= 11 is 11.4. The first-order chi connectivity index (χ1) is 8.97. The summed E-state index contributed by atoms with van der Waals surface area (Å²) in [5.41, 5.74) is 7.63. The van der Waals surface area contributed by atoms with Gasteiger partial charge >= 0.3 is 0 Å². The highest BCUT2D eigenvalue weighted by Crippen LogP contribution is 2.27. The molecular formula is C14H22ClN3S. The molecule has 5 heteroatoms. The van der Waals surface area contributed by atoms with Crippen LogP contribution in [-0.4, -0.2) is 43.6 Å². The van der Waals surface area contributed by atoms with Gasteiger partial charge in [0.15, 0.2) is 0 Å². The van der Waals surface area contributed by atoms with E-state index in [1.807, 2.05) is 18.2 Å². The van der Waals surface area contributed by atoms with Crippen LogP contribution in [0.2, 0.25) is 5.02 Å². The average Bonchev–Trinajstić information content (AvgIpc) is 2.33. The predicted octanol–water partition coefficient (Wildman–Crippen LogP) is 2.75. The monoisotopic (exact) mass is 299 g/mol. The minimum Gasteiger partial charge on any atom is -0.389 e. The van der Waals surface area contributed by atoms with Crippen LogP contribution in [0.5, 0.6) is 0 Å². The Bertz CT molecular complexity index is 435. The van der Waals surface area contributed by atoms with Crippen molar-refractivity contribution >= 4 is 34.5 Å². The van der Waals surface area contributed by atoms with Gasteiger partial charge in [0.25, 0.3) is 0 Å². The molecule has 0 bridgehead atoms. The second-order valence-electron chi connectivity index (χ2n) is 4.79. The third-order valence-corrected chi connectivity index (χ3v) is 3.41. The van der Waals surface area contributed by atoms with Crippen LogP contribution in [0.15, 0.2) is 18.2 Å². The van der Waals surface area contributed by atoms with E-state index >= 15 is 0 Å². The first-order valence-corrected chi connectivity index (χ1v) is 7.24. The SMILES string of the molecule is CCCN(CCN(C)C)c1cccc(Cl)c1C(N)=S. The van der Waals surface area contributed by atoms with Gasteiger partial charge in [-0.05, 0) is 32.6 Å². The van der Waals surface area contributed by atoms with E-state index in [1.165, 1.54) is 0 Å². The van der Waals surface area contributed by atoms with E-state index in [2.05, 4.69) is 30.8 Å². The fraction of sp³-hybridized carbons (Fsp3) is 0.500. The fourth-order valence-electron chi connectivity index (χ4n) is 1.96. The van der Waals surface area contributed by atoms with E-state index < -0.39 is 0 Å². The largest absolute Gasteiger partial charge is 0.389 e. The van der Waals surface area contributed by atoms with Crippen LogP contribution in [0, 0.1) is 0 Å². The van der Waals surface area contributed by atoms with Gasteiger partial charge in [0.2, 0.25) is 0 Å². The van der Waals surface area contributed by atoms with Crippen molar-refractivity contribution in [2.45, 2.75) is 13.3 Å². The Morgan fingerprint density at radius 1 is 1.26 bits per heavy atom. The summed E-state index contributed by atoms with van der Waals surface area (Å²) in [5, 5.41) is 0.621. The first kappa shape index (κ1) is 16.2. The number of thiocarbonyl (C=S) groups is 1. The Morgan fingerprint density at radius 3 is 2.47 bits per heavy atom. The smallest absolute Gasteiger partial charge is 0.107 e. The second-order valence-corrected chi connectivity index (χ2v) is 5.64. The zero-order valence-electron chi connectivity index (χ0n) is 11.8. The minimum atomic E-state index is 0.353. The molecule has 1 rings (SSSR count). The molecule has 0 heterocycles. The van der Waals surface area contributed by atoms with Crippen molar-refractivity contribution in [2.24, 2.45) is 5.73 Å². The molecule has 106 valence electrons. The summed E-state index contributed by atoms with van der Waals surface area (Å²) in [4.78, 5) is 4.81. The van der Waals surface area contributed by atoms with Gasteiger partial charge in [0.05, 0.1) is 10.6 Å². The molecule has 1 aromatic rings. The second kappa shape index (κ2) is 7.68. The highest BCUT2D eigenvalue weighted by Gasteiger charge is 2.15. The lowest BCUT2D eigenvalue weighted by atomic mass is 10.1. The summed E-state index contributed by atoms with van der Waals surface area (Å²) in [5.74, 6) is 0. The molecule has 0 amide bonds. The maximum atomic E-state index is 6.23. The van der Waals surface area contributed by atoms with Gasteiger partial charge in [-0.3, -0.25) is 0 Å². The lowest BCUT2D eigenvalue weighted by Crippen LogP contribution is -2.33. The topological polar surface area (TPSA) is 32.5 Å². The highest BCUT2D eigenvalue weighted by atomic mass is 35.5. The molecule has 0 spiro atoms. The minimum absolute atomic E-state index is 0.353. The number of anilines is 1. The van der Waals surface area contributed by atoms with Gasteiger partial charge in [-0.15, -0.1) is 0 Å². The summed E-state index contributed by atoms with van der Waals surface area (Å²) < 4.78 is 0. The van der Waals surface area contributed by atoms with Gasteiger partial charge in [0, 0.05) is 25.3 Å². The molecule has 0 aliphatic carbocycles. The predicted molar refractivity (Wildman–Crippen MR) is 88.4 cm³/mol. The summed E-state index contributed by atoms with van der Waals surface area (Å²) in [7, 11) is 4.13. The van der Waals surface area contributed by atoms with Crippen molar-refractivity contribution < 1.29 is 0 Å². The lowest BCUT2D eigenvalue weighted by Gasteiger charge is -2.28. The average molecular weight is 300 g/mol. The number of nitrogens with zero attached hydrogens (tertiary/aromatic N) is 2. The van der Waals surface area contributed by atoms with Gasteiger partial charge in [0.1, 0.15) is 4.99 Å². The van der Waals surface area contributed by atoms with Crippen LogP contribution < -0.4 is 10.6 Å². The molecule has 2 N–H and O–H groups in total. The molecular weight excluding hydrogens is 278 g/mol. The molecule has 0 saturated heterocycles. The van der Waals surface area contributed by atoms with Crippen molar-refractivity contribution in [3.63, 3.8) is 0 Å². The van der Waals surface area contributed by atoms with Crippen LogP contribution in [0.4, 0.5) is 5.69 Å². The molecule has 0 unspecified atom stereocenters. The third-order valence-electron chi connectivity index (χ3n) is 2.89. The summed E-state index contributed by atoms with van der Waals surface area (Å²) in [6, 6.07) is 5.80. The van der Waals surface area contributed by atoms with Gasteiger partial charge in [-0.25, -0.2) is 0 Å². The van der Waals surface area contributed by atoms with Gasteiger partial charge < -0.3 is 15.5 Å². The maximum absolute atomic E-state index is 6.23. The van der Waals surface area contributed by atoms with Gasteiger partial charge in [-0.2, -0.15) is 0 Å². The molecule has 0 fully saturated rings. The molecule has 0 aliphatic heterocycles. The Labute approximate surface area is 126 Å². The Balaban J connectivity index is 3.07. The van der Waals surface area contributed by atoms with Crippen LogP contribution >= 0.6 is 23.8 Å². The highest BCUT2D eigenvalue weighted by molar-refractivity contribution is 7.80. The Kier molecular flexibility index (Phi) is 6.55. The molecule has 0 aliphatic rings. The molecule has 0 atom stereocenters. The number of nitrogens with two attached hydrogens (primary N) is 1. The molecule has 19 heavy (non-hydrogen) atoms. The Morgan fingerprint density at radius 2 is 1.95 bits per heavy atom. The van der Waals surface area contributed by atoms with Gasteiger partial charge in [-0.1, -0.05) is 36.8 Å². The third kappa shape index (κ3) is 4.64. The van der Waals surface area contributed by atoms with Crippen LogP contribution in [0.3, 0.4) is 0 Å². The maximum Gasteiger partial charge on any atom is 0.107 e. The van der Waals surface area contributed by atoms with E-state index in [1.54, 1.807) is 0 Å². The first-order valence-electron chi connectivity index (χ1n) is 6.45. The lowest BCUT2D eigenvalue weighted by molar-refractivity contribution is 0.413. The molecule has 1 aromatic carbocycles. The quantitative estimate of drug-likeness (QED) is 0.785. The molecule has 0 saturated carbocycles. The van der Waals surface area contributed by atoms with Crippen LogP contribution in [-0.2, 0) is 0 Å². The van der Waals surface area contributed by atoms with Crippen LogP contribution in [0.1, 0.15) is 18.9 Å². The Hall–Kier alpha value is -0.840. The van der Waals surface area contributed by atoms with E-state index in [9.17, 15) is 0 Å². The van der Waals surface area contributed by atoms with E-state index in [-0.39, 0.29) is 0 Å². The van der Waals surface area contributed by atoms with Crippen molar-refractivity contribution in [2.75, 3.05) is 38.6 Å². The number of hydrogen-bond acceptors (Lipinski definition) is 3. The van der Waals surface area contributed by atoms with E-state index in [4.69, 9.17) is 29.6 Å². The number of rotatable bonds is 7. The molecule has 0 radical (unpaired) electrons. The zero-order valence-corrected chi connectivity index (χ0v) is 13.4. The van der Waals surface area contributed by atoms with E-state index in [0.717, 1.165) is 37.3 Å². The van der Waals surface area contributed by atoms with Crippen molar-refractivity contribution in [1.82, 2.24) is 4.90 Å². The zero-order chi connectivity index (χ0) is 14.4. The summed E-state index contributed by atoms with van der Waals surface area (Å²) in [6.07, 6.45) is 1.07. The summed E-state index contributed by atoms with van der Waals surface area (Å²) in [6.45, 7) is 5.03. The van der Waals surface area contributed by atoms with Crippen LogP contribution in [0.25, 0.3) is 0 Å². The number of halogens is 1. The standard InChI is InChI=1S/C14H22ClN3S/c1-4-8-18(10-9-17(2)3)12-7-5-6-11(15)13(12)14(16)19/h5-7H,4,8-10H2,1-3H3,(H2,16,19). The van der Waals surface area contributed by atoms with Crippen molar-refractivity contribution in [3.05, 3.63) is 28.8 Å². The normalized spacial score (nSPS) is 10.8. The number of benzene rings is 1. The molecule has 3 nitrogen and oxygen atoms in total. The number of hydrogen-bond donors (Lipinski definition) is 1. The number of likely N-dealkylation sites (N-methyl/N-ethyl adjacent to an activating group) is 1.